The Bertz CT molecular complexity index is 1010. The van der Waals surface area contributed by atoms with Crippen LogP contribution in [-0.2, 0) is 21.4 Å². The average molecular weight is 435 g/mol. The third-order valence-corrected chi connectivity index (χ3v) is 7.38. The van der Waals surface area contributed by atoms with E-state index >= 15 is 0 Å². The predicted molar refractivity (Wildman–Crippen MR) is 111 cm³/mol. The number of hydrogen-bond donors (Lipinski definition) is 1. The Hall–Kier alpha value is -2.22. The van der Waals surface area contributed by atoms with Crippen molar-refractivity contribution in [2.45, 2.75) is 31.2 Å². The molecule has 2 aromatic rings. The van der Waals surface area contributed by atoms with Gasteiger partial charge in [0.1, 0.15) is 0 Å². The molecule has 0 unspecified atom stereocenters. The van der Waals surface area contributed by atoms with Crippen molar-refractivity contribution in [1.82, 2.24) is 9.62 Å². The molecule has 8 heteroatoms. The maximum atomic E-state index is 12.9. The van der Waals surface area contributed by atoms with Gasteiger partial charge in [-0.3, -0.25) is 9.59 Å². The molecule has 6 nitrogen and oxygen atoms in total. The van der Waals surface area contributed by atoms with E-state index in [4.69, 9.17) is 11.6 Å². The highest BCUT2D eigenvalue weighted by Gasteiger charge is 2.32. The van der Waals surface area contributed by atoms with E-state index in [2.05, 4.69) is 5.32 Å². The van der Waals surface area contributed by atoms with Crippen LogP contribution in [0.5, 0.6) is 0 Å². The van der Waals surface area contributed by atoms with Crippen LogP contribution in [0.4, 0.5) is 0 Å². The first-order valence-electron chi connectivity index (χ1n) is 9.41. The summed E-state index contributed by atoms with van der Waals surface area (Å²) in [7, 11) is -3.70. The number of sulfonamides is 1. The third kappa shape index (κ3) is 5.04. The van der Waals surface area contributed by atoms with Crippen LogP contribution in [0, 0.1) is 5.92 Å². The highest BCUT2D eigenvalue weighted by atomic mass is 35.5. The highest BCUT2D eigenvalue weighted by Crippen LogP contribution is 2.25. The number of rotatable bonds is 6. The molecule has 0 saturated carbocycles. The molecule has 1 aliphatic heterocycles. The lowest BCUT2D eigenvalue weighted by Crippen LogP contribution is -2.42. The lowest BCUT2D eigenvalue weighted by atomic mass is 9.97. The first-order chi connectivity index (χ1) is 13.8. The van der Waals surface area contributed by atoms with Gasteiger partial charge in [0.15, 0.2) is 5.78 Å². The molecule has 154 valence electrons. The zero-order valence-corrected chi connectivity index (χ0v) is 17.7. The van der Waals surface area contributed by atoms with Gasteiger partial charge in [-0.15, -0.1) is 0 Å². The van der Waals surface area contributed by atoms with Gasteiger partial charge in [0.2, 0.25) is 15.9 Å². The normalized spacial score (nSPS) is 15.8. The van der Waals surface area contributed by atoms with Gasteiger partial charge in [-0.25, -0.2) is 8.42 Å². The molecule has 1 fully saturated rings. The summed E-state index contributed by atoms with van der Waals surface area (Å²) >= 11 is 6.11. The number of benzene rings is 2. The van der Waals surface area contributed by atoms with E-state index in [9.17, 15) is 18.0 Å². The van der Waals surface area contributed by atoms with E-state index in [-0.39, 0.29) is 35.6 Å². The Kier molecular flexibility index (Phi) is 6.72. The smallest absolute Gasteiger partial charge is 0.243 e. The van der Waals surface area contributed by atoms with Gasteiger partial charge in [0.25, 0.3) is 0 Å². The van der Waals surface area contributed by atoms with Crippen LogP contribution in [-0.4, -0.2) is 37.5 Å². The number of halogens is 1. The van der Waals surface area contributed by atoms with Gasteiger partial charge in [-0.2, -0.15) is 4.31 Å². The quantitative estimate of drug-likeness (QED) is 0.707. The summed E-state index contributed by atoms with van der Waals surface area (Å²) in [6, 6.07) is 13.4. The SMILES string of the molecule is CC(=O)c1cccc(S(=O)(=O)N2CCC(C(=O)NCc3ccccc3Cl)CC2)c1. The van der Waals surface area contributed by atoms with E-state index in [1.54, 1.807) is 18.2 Å². The number of nitrogens with one attached hydrogen (secondary N) is 1. The molecule has 1 amide bonds. The molecule has 0 atom stereocenters. The van der Waals surface area contributed by atoms with Crippen LogP contribution in [0.3, 0.4) is 0 Å². The monoisotopic (exact) mass is 434 g/mol. The van der Waals surface area contributed by atoms with Crippen LogP contribution < -0.4 is 5.32 Å². The third-order valence-electron chi connectivity index (χ3n) is 5.11. The molecule has 0 radical (unpaired) electrons. The average Bonchev–Trinajstić information content (AvgIpc) is 2.73. The maximum Gasteiger partial charge on any atom is 0.243 e. The molecule has 1 aliphatic rings. The predicted octanol–water partition coefficient (Wildman–Crippen LogP) is 3.26. The van der Waals surface area contributed by atoms with Crippen LogP contribution >= 0.6 is 11.6 Å². The fraction of sp³-hybridized carbons (Fsp3) is 0.333. The minimum atomic E-state index is -3.70. The molecular formula is C21H23ClN2O4S. The second-order valence-electron chi connectivity index (χ2n) is 7.07. The topological polar surface area (TPSA) is 83.6 Å². The van der Waals surface area contributed by atoms with Gasteiger partial charge in [-0.1, -0.05) is 41.9 Å². The summed E-state index contributed by atoms with van der Waals surface area (Å²) in [6.07, 6.45) is 0.889. The van der Waals surface area contributed by atoms with Gasteiger partial charge >= 0.3 is 0 Å². The molecule has 29 heavy (non-hydrogen) atoms. The molecule has 1 saturated heterocycles. The lowest BCUT2D eigenvalue weighted by Gasteiger charge is -2.30. The number of carbonyl (C=O) groups is 2. The molecule has 0 spiro atoms. The number of ketones is 1. The Morgan fingerprint density at radius 3 is 2.45 bits per heavy atom. The molecule has 1 N–H and O–H groups in total. The van der Waals surface area contributed by atoms with Gasteiger partial charge in [-0.05, 0) is 43.5 Å². The molecule has 0 aromatic heterocycles. The van der Waals surface area contributed by atoms with E-state index in [1.165, 1.54) is 23.4 Å². The number of nitrogens with zero attached hydrogens (tertiary/aromatic N) is 1. The molecule has 3 rings (SSSR count). The number of carbonyl (C=O) groups excluding carboxylic acids is 2. The summed E-state index contributed by atoms with van der Waals surface area (Å²) in [4.78, 5) is 24.1. The standard InChI is InChI=1S/C21H23ClN2O4S/c1-15(25)17-6-4-7-19(13-17)29(27,28)24-11-9-16(10-12-24)21(26)23-14-18-5-2-3-8-20(18)22/h2-8,13,16H,9-12,14H2,1H3,(H,23,26). The van der Waals surface area contributed by atoms with Gasteiger partial charge in [0, 0.05) is 36.1 Å². The molecule has 0 bridgehead atoms. The minimum Gasteiger partial charge on any atom is -0.352 e. The van der Waals surface area contributed by atoms with E-state index in [0.717, 1.165) is 5.56 Å². The Morgan fingerprint density at radius 1 is 1.10 bits per heavy atom. The van der Waals surface area contributed by atoms with E-state index in [1.807, 2.05) is 18.2 Å². The Labute approximate surface area is 175 Å². The summed E-state index contributed by atoms with van der Waals surface area (Å²) < 4.78 is 27.2. The first kappa shape index (κ1) is 21.5. The van der Waals surface area contributed by atoms with Crippen LogP contribution in [0.1, 0.15) is 35.7 Å². The first-order valence-corrected chi connectivity index (χ1v) is 11.2. The van der Waals surface area contributed by atoms with Gasteiger partial charge in [0.05, 0.1) is 4.90 Å². The van der Waals surface area contributed by atoms with Crippen molar-refractivity contribution in [2.24, 2.45) is 5.92 Å². The maximum absolute atomic E-state index is 12.9. The largest absolute Gasteiger partial charge is 0.352 e. The fourth-order valence-corrected chi connectivity index (χ4v) is 5.07. The number of Topliss-reactive ketones (excluding diaryl/α,β-unsaturated/α-hetero) is 1. The second-order valence-corrected chi connectivity index (χ2v) is 9.42. The molecule has 2 aromatic carbocycles. The minimum absolute atomic E-state index is 0.0967. The Balaban J connectivity index is 1.59. The molecule has 1 heterocycles. The van der Waals surface area contributed by atoms with Crippen molar-refractivity contribution >= 4 is 33.3 Å². The van der Waals surface area contributed by atoms with Crippen molar-refractivity contribution in [3.8, 4) is 0 Å². The number of amides is 1. The van der Waals surface area contributed by atoms with Crippen molar-refractivity contribution in [1.29, 1.82) is 0 Å². The van der Waals surface area contributed by atoms with E-state index < -0.39 is 10.0 Å². The van der Waals surface area contributed by atoms with Crippen LogP contribution in [0.15, 0.2) is 53.4 Å². The van der Waals surface area contributed by atoms with Crippen LogP contribution in [0.2, 0.25) is 5.02 Å². The zero-order chi connectivity index (χ0) is 21.0. The summed E-state index contributed by atoms with van der Waals surface area (Å²) in [6.45, 7) is 2.26. The van der Waals surface area contributed by atoms with Crippen molar-refractivity contribution in [3.63, 3.8) is 0 Å². The van der Waals surface area contributed by atoms with Crippen molar-refractivity contribution < 1.29 is 18.0 Å². The van der Waals surface area contributed by atoms with Crippen molar-refractivity contribution in [2.75, 3.05) is 13.1 Å². The summed E-state index contributed by atoms with van der Waals surface area (Å²) in [5.74, 6) is -0.524. The zero-order valence-electron chi connectivity index (χ0n) is 16.1. The van der Waals surface area contributed by atoms with E-state index in [0.29, 0.717) is 30.0 Å². The lowest BCUT2D eigenvalue weighted by molar-refractivity contribution is -0.126. The molecular weight excluding hydrogens is 412 g/mol. The summed E-state index contributed by atoms with van der Waals surface area (Å²) in [5, 5.41) is 3.48. The van der Waals surface area contributed by atoms with Crippen LogP contribution in [0.25, 0.3) is 0 Å². The number of piperidine rings is 1. The van der Waals surface area contributed by atoms with Crippen molar-refractivity contribution in [3.05, 3.63) is 64.7 Å². The van der Waals surface area contributed by atoms with Gasteiger partial charge < -0.3 is 5.32 Å². The highest BCUT2D eigenvalue weighted by molar-refractivity contribution is 7.89. The second kappa shape index (κ2) is 9.07. The Morgan fingerprint density at radius 2 is 1.79 bits per heavy atom. The number of hydrogen-bond acceptors (Lipinski definition) is 4. The molecule has 0 aliphatic carbocycles. The summed E-state index contributed by atoms with van der Waals surface area (Å²) in [5.41, 5.74) is 1.20. The fourth-order valence-electron chi connectivity index (χ4n) is 3.35.